The number of carbonyl (C=O) groups is 1. The zero-order valence-corrected chi connectivity index (χ0v) is 15.8. The number of phenolic OH excluding ortho intramolecular Hbond substituents is 1. The number of hydrogen-bond donors (Lipinski definition) is 1. The number of aryl methyl sites for hydroxylation is 2. The van der Waals surface area contributed by atoms with E-state index in [0.29, 0.717) is 26.7 Å². The standard InChI is InChI=1S/C19H15N3O5S/c1-11-9-13(10-12(2)18(11)23)20-21-17-8-7-16(28-17)19(24)27-15-5-3-14(4-6-15)22(25)26/h3-10,23H,1-2H3. The van der Waals surface area contributed by atoms with Gasteiger partial charge in [-0.1, -0.05) is 0 Å². The van der Waals surface area contributed by atoms with E-state index in [1.807, 2.05) is 0 Å². The minimum absolute atomic E-state index is 0.0849. The number of nitro groups is 1. The molecular weight excluding hydrogens is 382 g/mol. The van der Waals surface area contributed by atoms with E-state index in [1.165, 1.54) is 24.3 Å². The van der Waals surface area contributed by atoms with Crippen molar-refractivity contribution in [2.24, 2.45) is 10.2 Å². The fourth-order valence-electron chi connectivity index (χ4n) is 2.38. The molecule has 3 rings (SSSR count). The van der Waals surface area contributed by atoms with Gasteiger partial charge in [0.15, 0.2) is 0 Å². The van der Waals surface area contributed by atoms with Gasteiger partial charge in [0.05, 0.1) is 10.6 Å². The van der Waals surface area contributed by atoms with Gasteiger partial charge in [0, 0.05) is 12.1 Å². The number of non-ortho nitro benzene ring substituents is 1. The van der Waals surface area contributed by atoms with E-state index in [2.05, 4.69) is 10.2 Å². The number of benzene rings is 2. The van der Waals surface area contributed by atoms with Crippen LogP contribution in [0, 0.1) is 24.0 Å². The first-order valence-corrected chi connectivity index (χ1v) is 8.93. The number of nitro benzene ring substituents is 1. The molecule has 0 unspecified atom stereocenters. The number of thiophene rings is 1. The summed E-state index contributed by atoms with van der Waals surface area (Å²) in [7, 11) is 0. The molecule has 3 aromatic rings. The first-order chi connectivity index (χ1) is 13.3. The van der Waals surface area contributed by atoms with Crippen molar-refractivity contribution in [3.8, 4) is 11.5 Å². The highest BCUT2D eigenvalue weighted by molar-refractivity contribution is 7.17. The summed E-state index contributed by atoms with van der Waals surface area (Å²) in [4.78, 5) is 22.6. The Labute approximate surface area is 163 Å². The second-order valence-corrected chi connectivity index (χ2v) is 6.97. The molecule has 0 saturated carbocycles. The number of rotatable bonds is 5. The molecule has 1 heterocycles. The summed E-state index contributed by atoms with van der Waals surface area (Å²) >= 11 is 1.11. The van der Waals surface area contributed by atoms with Gasteiger partial charge < -0.3 is 9.84 Å². The Bertz CT molecular complexity index is 1050. The minimum Gasteiger partial charge on any atom is -0.507 e. The topological polar surface area (TPSA) is 114 Å². The average molecular weight is 397 g/mol. The van der Waals surface area contributed by atoms with E-state index < -0.39 is 10.9 Å². The lowest BCUT2D eigenvalue weighted by molar-refractivity contribution is -0.384. The molecule has 0 spiro atoms. The Morgan fingerprint density at radius 1 is 1.07 bits per heavy atom. The van der Waals surface area contributed by atoms with Crippen molar-refractivity contribution in [2.75, 3.05) is 0 Å². The van der Waals surface area contributed by atoms with Crippen LogP contribution in [-0.2, 0) is 0 Å². The molecular formula is C19H15N3O5S. The van der Waals surface area contributed by atoms with Crippen LogP contribution < -0.4 is 4.74 Å². The molecule has 0 saturated heterocycles. The predicted molar refractivity (Wildman–Crippen MR) is 104 cm³/mol. The number of phenols is 1. The number of esters is 1. The number of hydrogen-bond acceptors (Lipinski definition) is 8. The third kappa shape index (κ3) is 4.38. The molecule has 1 N–H and O–H groups in total. The SMILES string of the molecule is Cc1cc(N=Nc2ccc(C(=O)Oc3ccc([N+](=O)[O-])cc3)s2)cc(C)c1O. The van der Waals surface area contributed by atoms with Gasteiger partial charge >= 0.3 is 5.97 Å². The Kier molecular flexibility index (Phi) is 5.46. The minimum atomic E-state index is -0.586. The Balaban J connectivity index is 1.69. The van der Waals surface area contributed by atoms with E-state index >= 15 is 0 Å². The first kappa shape index (κ1) is 19.2. The van der Waals surface area contributed by atoms with Gasteiger partial charge in [-0.3, -0.25) is 10.1 Å². The maximum absolute atomic E-state index is 12.2. The summed E-state index contributed by atoms with van der Waals surface area (Å²) in [5.41, 5.74) is 1.91. The van der Waals surface area contributed by atoms with Crippen molar-refractivity contribution in [1.29, 1.82) is 0 Å². The molecule has 2 aromatic carbocycles. The van der Waals surface area contributed by atoms with Crippen LogP contribution in [0.25, 0.3) is 0 Å². The van der Waals surface area contributed by atoms with Crippen LogP contribution in [0.4, 0.5) is 16.4 Å². The van der Waals surface area contributed by atoms with Crippen LogP contribution in [0.1, 0.15) is 20.8 Å². The molecule has 0 fully saturated rings. The number of azo groups is 1. The van der Waals surface area contributed by atoms with Crippen molar-refractivity contribution in [3.63, 3.8) is 0 Å². The second-order valence-electron chi connectivity index (χ2n) is 5.91. The van der Waals surface area contributed by atoms with Gasteiger partial charge in [0.1, 0.15) is 21.4 Å². The van der Waals surface area contributed by atoms with Crippen molar-refractivity contribution < 1.29 is 19.6 Å². The van der Waals surface area contributed by atoms with Crippen LogP contribution in [0.5, 0.6) is 11.5 Å². The number of aromatic hydroxyl groups is 1. The highest BCUT2D eigenvalue weighted by atomic mass is 32.1. The molecule has 0 aliphatic heterocycles. The summed E-state index contributed by atoms with van der Waals surface area (Å²) in [6, 6.07) is 11.9. The largest absolute Gasteiger partial charge is 0.507 e. The van der Waals surface area contributed by atoms with E-state index in [1.54, 1.807) is 38.1 Å². The highest BCUT2D eigenvalue weighted by Crippen LogP contribution is 2.31. The molecule has 28 heavy (non-hydrogen) atoms. The summed E-state index contributed by atoms with van der Waals surface area (Å²) < 4.78 is 5.20. The predicted octanol–water partition coefficient (Wildman–Crippen LogP) is 5.61. The lowest BCUT2D eigenvalue weighted by atomic mass is 10.1. The maximum Gasteiger partial charge on any atom is 0.353 e. The lowest BCUT2D eigenvalue weighted by Crippen LogP contribution is -2.06. The van der Waals surface area contributed by atoms with Crippen LogP contribution in [0.15, 0.2) is 58.8 Å². The second kappa shape index (κ2) is 7.97. The van der Waals surface area contributed by atoms with E-state index in [4.69, 9.17) is 4.74 Å². The molecule has 0 atom stereocenters. The van der Waals surface area contributed by atoms with E-state index in [0.717, 1.165) is 11.3 Å². The van der Waals surface area contributed by atoms with Crippen LogP contribution >= 0.6 is 11.3 Å². The number of carbonyl (C=O) groups excluding carboxylic acids is 1. The van der Waals surface area contributed by atoms with Crippen LogP contribution in [0.3, 0.4) is 0 Å². The molecule has 8 nitrogen and oxygen atoms in total. The first-order valence-electron chi connectivity index (χ1n) is 8.12. The number of ether oxygens (including phenoxy) is 1. The third-order valence-corrected chi connectivity index (χ3v) is 4.74. The molecule has 9 heteroatoms. The molecule has 0 bridgehead atoms. The molecule has 142 valence electrons. The Hall–Kier alpha value is -3.59. The van der Waals surface area contributed by atoms with Crippen molar-refractivity contribution in [3.05, 3.63) is 74.6 Å². The molecule has 0 aliphatic rings. The van der Waals surface area contributed by atoms with E-state index in [-0.39, 0.29) is 17.2 Å². The van der Waals surface area contributed by atoms with Crippen LogP contribution in [-0.4, -0.2) is 16.0 Å². The summed E-state index contributed by atoms with van der Waals surface area (Å²) in [5, 5.41) is 29.2. The monoisotopic (exact) mass is 397 g/mol. The van der Waals surface area contributed by atoms with Crippen molar-refractivity contribution in [1.82, 2.24) is 0 Å². The normalized spacial score (nSPS) is 10.9. The summed E-state index contributed by atoms with van der Waals surface area (Å²) in [6.45, 7) is 3.55. The zero-order chi connectivity index (χ0) is 20.3. The van der Waals surface area contributed by atoms with Gasteiger partial charge in [-0.05, 0) is 61.4 Å². The van der Waals surface area contributed by atoms with E-state index in [9.17, 15) is 20.0 Å². The Morgan fingerprint density at radius 3 is 2.32 bits per heavy atom. The summed E-state index contributed by atoms with van der Waals surface area (Å²) in [5.74, 6) is -0.148. The Morgan fingerprint density at radius 2 is 1.71 bits per heavy atom. The molecule has 0 aliphatic carbocycles. The van der Waals surface area contributed by atoms with Gasteiger partial charge in [-0.2, -0.15) is 0 Å². The smallest absolute Gasteiger partial charge is 0.353 e. The quantitative estimate of drug-likeness (QED) is 0.197. The number of nitrogens with zero attached hydrogens (tertiary/aromatic N) is 3. The molecule has 1 aromatic heterocycles. The van der Waals surface area contributed by atoms with Gasteiger partial charge in [-0.15, -0.1) is 21.6 Å². The fraction of sp³-hybridized carbons (Fsp3) is 0.105. The average Bonchev–Trinajstić information content (AvgIpc) is 3.14. The highest BCUT2D eigenvalue weighted by Gasteiger charge is 2.13. The molecule has 0 amide bonds. The van der Waals surface area contributed by atoms with Crippen molar-refractivity contribution >= 4 is 33.7 Å². The lowest BCUT2D eigenvalue weighted by Gasteiger charge is -2.03. The van der Waals surface area contributed by atoms with Crippen molar-refractivity contribution in [2.45, 2.75) is 13.8 Å². The maximum atomic E-state index is 12.2. The fourth-order valence-corrected chi connectivity index (χ4v) is 3.09. The summed E-state index contributed by atoms with van der Waals surface area (Å²) in [6.07, 6.45) is 0. The van der Waals surface area contributed by atoms with Gasteiger partial charge in [0.2, 0.25) is 0 Å². The zero-order valence-electron chi connectivity index (χ0n) is 14.9. The third-order valence-electron chi connectivity index (χ3n) is 3.79. The van der Waals surface area contributed by atoms with Gasteiger partial charge in [-0.25, -0.2) is 4.79 Å². The van der Waals surface area contributed by atoms with Gasteiger partial charge in [0.25, 0.3) is 5.69 Å². The van der Waals surface area contributed by atoms with Crippen LogP contribution in [0.2, 0.25) is 0 Å². The molecule has 0 radical (unpaired) electrons.